The summed E-state index contributed by atoms with van der Waals surface area (Å²) in [5, 5.41) is 3.54. The molecule has 1 aromatic heterocycles. The number of benzene rings is 3. The Kier molecular flexibility index (Phi) is 7.51. The van der Waals surface area contributed by atoms with Gasteiger partial charge in [0.1, 0.15) is 18.3 Å². The molecule has 5 rings (SSSR count). The van der Waals surface area contributed by atoms with Crippen LogP contribution in [0.15, 0.2) is 89.8 Å². The van der Waals surface area contributed by atoms with Gasteiger partial charge in [0.2, 0.25) is 5.91 Å². The van der Waals surface area contributed by atoms with Gasteiger partial charge in [0, 0.05) is 28.9 Å². The second kappa shape index (κ2) is 11.1. The Balaban J connectivity index is 1.55. The molecule has 7 nitrogen and oxygen atoms in total. The quantitative estimate of drug-likeness (QED) is 0.354. The molecule has 0 spiro atoms. The normalized spacial score (nSPS) is 17.1. The highest BCUT2D eigenvalue weighted by atomic mass is 32.2. The molecule has 38 heavy (non-hydrogen) atoms. The lowest BCUT2D eigenvalue weighted by Crippen LogP contribution is -2.53. The van der Waals surface area contributed by atoms with Gasteiger partial charge >= 0.3 is 0 Å². The largest absolute Gasteiger partial charge is 0.351 e. The number of hydrogen-bond acceptors (Lipinski definition) is 4. The molecule has 0 radical (unpaired) electrons. The number of likely N-dealkylation sites (N-methyl/N-ethyl adjacent to an activating group) is 1. The molecule has 0 unspecified atom stereocenters. The number of aromatic amines is 1. The lowest BCUT2D eigenvalue weighted by atomic mass is 10.0. The van der Waals surface area contributed by atoms with E-state index in [0.29, 0.717) is 24.5 Å². The number of para-hydroxylation sites is 2. The van der Waals surface area contributed by atoms with Crippen LogP contribution in [0.1, 0.15) is 35.1 Å². The van der Waals surface area contributed by atoms with E-state index in [1.807, 2.05) is 92.7 Å². The first-order chi connectivity index (χ1) is 18.5. The Morgan fingerprint density at radius 1 is 0.947 bits per heavy atom. The van der Waals surface area contributed by atoms with E-state index in [1.165, 1.54) is 16.7 Å². The van der Waals surface area contributed by atoms with E-state index < -0.39 is 11.3 Å². The maximum Gasteiger partial charge on any atom is 0.268 e. The van der Waals surface area contributed by atoms with Crippen molar-refractivity contribution >= 4 is 46.1 Å². The fraction of sp³-hybridized carbons (Fsp3) is 0.233. The zero-order chi connectivity index (χ0) is 26.6. The summed E-state index contributed by atoms with van der Waals surface area (Å²) in [4.78, 5) is 48.3. The molecule has 1 aliphatic heterocycles. The number of nitrogens with zero attached hydrogens (tertiary/aromatic N) is 2. The highest BCUT2D eigenvalue weighted by molar-refractivity contribution is 7.99. The first kappa shape index (κ1) is 25.6. The molecule has 0 bridgehead atoms. The number of amides is 3. The third kappa shape index (κ3) is 5.04. The average Bonchev–Trinajstić information content (AvgIpc) is 3.35. The summed E-state index contributed by atoms with van der Waals surface area (Å²) in [5.74, 6) is -0.828. The van der Waals surface area contributed by atoms with Gasteiger partial charge in [-0.05, 0) is 43.7 Å². The van der Waals surface area contributed by atoms with Crippen molar-refractivity contribution in [2.45, 2.75) is 30.0 Å². The molecule has 1 aliphatic rings. The van der Waals surface area contributed by atoms with Crippen LogP contribution in [0.5, 0.6) is 0 Å². The number of fused-ring (bicyclic) bond motifs is 2. The Bertz CT molecular complexity index is 1430. The molecule has 0 saturated carbocycles. The third-order valence-corrected chi connectivity index (χ3v) is 8.24. The van der Waals surface area contributed by atoms with Crippen molar-refractivity contribution in [2.75, 3.05) is 24.5 Å². The molecule has 0 fully saturated rings. The van der Waals surface area contributed by atoms with Crippen LogP contribution in [0.3, 0.4) is 0 Å². The molecule has 8 heteroatoms. The number of nitrogens with one attached hydrogen (secondary N) is 2. The number of aromatic nitrogens is 1. The van der Waals surface area contributed by atoms with Crippen molar-refractivity contribution in [1.82, 2.24) is 15.2 Å². The predicted octanol–water partition coefficient (Wildman–Crippen LogP) is 5.01. The maximum atomic E-state index is 14.3. The summed E-state index contributed by atoms with van der Waals surface area (Å²) >= 11 is 1.52. The second-order valence-corrected chi connectivity index (χ2v) is 10.3. The Morgan fingerprint density at radius 3 is 2.37 bits per heavy atom. The highest BCUT2D eigenvalue weighted by Gasteiger charge is 2.40. The fourth-order valence-corrected chi connectivity index (χ4v) is 6.17. The number of anilines is 1. The lowest BCUT2D eigenvalue weighted by molar-refractivity contribution is -0.131. The Morgan fingerprint density at radius 2 is 1.63 bits per heavy atom. The summed E-state index contributed by atoms with van der Waals surface area (Å²) in [5.41, 5.74) is 2.81. The first-order valence-corrected chi connectivity index (χ1v) is 13.7. The average molecular weight is 527 g/mol. The van der Waals surface area contributed by atoms with Crippen molar-refractivity contribution in [1.29, 1.82) is 0 Å². The van der Waals surface area contributed by atoms with E-state index in [2.05, 4.69) is 10.3 Å². The van der Waals surface area contributed by atoms with E-state index in [0.717, 1.165) is 21.4 Å². The van der Waals surface area contributed by atoms with Crippen LogP contribution in [-0.2, 0) is 9.59 Å². The molecule has 3 aromatic carbocycles. The summed E-state index contributed by atoms with van der Waals surface area (Å²) in [6.07, 6.45) is 0. The van der Waals surface area contributed by atoms with E-state index in [-0.39, 0.29) is 24.3 Å². The van der Waals surface area contributed by atoms with Gasteiger partial charge in [-0.1, -0.05) is 60.7 Å². The molecule has 3 amide bonds. The molecule has 2 atom stereocenters. The van der Waals surface area contributed by atoms with Crippen LogP contribution < -0.4 is 10.2 Å². The minimum absolute atomic E-state index is 0.0989. The molecular formula is C30H30N4O3S. The summed E-state index contributed by atoms with van der Waals surface area (Å²) < 4.78 is 0. The number of H-pyrrole nitrogens is 1. The third-order valence-electron chi connectivity index (χ3n) is 6.84. The van der Waals surface area contributed by atoms with Gasteiger partial charge in [-0.3, -0.25) is 14.4 Å². The van der Waals surface area contributed by atoms with E-state index in [1.54, 1.807) is 11.0 Å². The Labute approximate surface area is 226 Å². The number of hydrogen-bond donors (Lipinski definition) is 2. The second-order valence-electron chi connectivity index (χ2n) is 9.13. The number of rotatable bonds is 7. The number of thioether (sulfide) groups is 1. The minimum atomic E-state index is -0.904. The first-order valence-electron chi connectivity index (χ1n) is 12.8. The van der Waals surface area contributed by atoms with Gasteiger partial charge in [0.15, 0.2) is 0 Å². The van der Waals surface area contributed by atoms with Gasteiger partial charge in [-0.25, -0.2) is 0 Å². The molecule has 2 heterocycles. The van der Waals surface area contributed by atoms with Crippen molar-refractivity contribution in [3.05, 3.63) is 96.2 Å². The monoisotopic (exact) mass is 526 g/mol. The van der Waals surface area contributed by atoms with Gasteiger partial charge in [-0.2, -0.15) is 0 Å². The number of carbonyl (C=O) groups excluding carboxylic acids is 3. The van der Waals surface area contributed by atoms with E-state index in [9.17, 15) is 14.4 Å². The zero-order valence-corrected chi connectivity index (χ0v) is 22.2. The Hall–Kier alpha value is -4.04. The van der Waals surface area contributed by atoms with Crippen LogP contribution in [0.2, 0.25) is 0 Å². The van der Waals surface area contributed by atoms with E-state index >= 15 is 0 Å². The standard InChI is InChI=1S/C30H30N4O3S/c1-3-33(4-2)26(35)19-34-24-16-10-11-17-25(24)38-28(20-12-6-5-7-13-20)27(30(34)37)32-29(36)23-18-21-14-8-9-15-22(21)31-23/h5-18,27-28,31H,3-4,19H2,1-2H3,(H,32,36)/t27-,28+/m0/s1. The van der Waals surface area contributed by atoms with Gasteiger partial charge in [0.05, 0.1) is 10.9 Å². The highest BCUT2D eigenvalue weighted by Crippen LogP contribution is 2.45. The summed E-state index contributed by atoms with van der Waals surface area (Å²) in [7, 11) is 0. The SMILES string of the molecule is CCN(CC)C(=O)CN1C(=O)[C@@H](NC(=O)c2cc3ccccc3[nH]2)[C@@H](c2ccccc2)Sc2ccccc21. The lowest BCUT2D eigenvalue weighted by Gasteiger charge is -2.30. The summed E-state index contributed by atoms with van der Waals surface area (Å²) in [6.45, 7) is 4.86. The van der Waals surface area contributed by atoms with E-state index in [4.69, 9.17) is 0 Å². The van der Waals surface area contributed by atoms with Crippen LogP contribution in [-0.4, -0.2) is 53.3 Å². The van der Waals surface area contributed by atoms with Gasteiger partial charge < -0.3 is 20.1 Å². The van der Waals surface area contributed by atoms with Crippen molar-refractivity contribution in [3.63, 3.8) is 0 Å². The van der Waals surface area contributed by atoms with Crippen LogP contribution in [0, 0.1) is 0 Å². The molecule has 0 aliphatic carbocycles. The van der Waals surface area contributed by atoms with Crippen molar-refractivity contribution in [3.8, 4) is 0 Å². The molecule has 2 N–H and O–H groups in total. The molecular weight excluding hydrogens is 496 g/mol. The van der Waals surface area contributed by atoms with Crippen molar-refractivity contribution in [2.24, 2.45) is 0 Å². The van der Waals surface area contributed by atoms with Gasteiger partial charge in [-0.15, -0.1) is 11.8 Å². The number of carbonyl (C=O) groups is 3. The topological polar surface area (TPSA) is 85.5 Å². The maximum absolute atomic E-state index is 14.3. The molecule has 4 aromatic rings. The van der Waals surface area contributed by atoms with Gasteiger partial charge in [0.25, 0.3) is 11.8 Å². The van der Waals surface area contributed by atoms with Crippen LogP contribution in [0.25, 0.3) is 10.9 Å². The van der Waals surface area contributed by atoms with Crippen LogP contribution in [0.4, 0.5) is 5.69 Å². The predicted molar refractivity (Wildman–Crippen MR) is 151 cm³/mol. The smallest absolute Gasteiger partial charge is 0.268 e. The summed E-state index contributed by atoms with van der Waals surface area (Å²) in [6, 6.07) is 25.8. The minimum Gasteiger partial charge on any atom is -0.351 e. The van der Waals surface area contributed by atoms with Crippen molar-refractivity contribution < 1.29 is 14.4 Å². The van der Waals surface area contributed by atoms with Crippen LogP contribution >= 0.6 is 11.8 Å². The molecule has 194 valence electrons. The fourth-order valence-electron chi connectivity index (χ4n) is 4.83. The zero-order valence-electron chi connectivity index (χ0n) is 21.4. The molecule has 0 saturated heterocycles.